The zero-order valence-electron chi connectivity index (χ0n) is 10.8. The molecule has 0 saturated carbocycles. The molecule has 2 aromatic rings. The molecule has 2 N–H and O–H groups in total. The summed E-state index contributed by atoms with van der Waals surface area (Å²) in [6, 6.07) is 11.3. The number of halogens is 3. The van der Waals surface area contributed by atoms with Gasteiger partial charge in [-0.05, 0) is 36.8 Å². The average Bonchev–Trinajstić information content (AvgIpc) is 2.41. The standard InChI is InChI=1S/C15H14Cl2FNO/c1-15(9-20,11-7-6-10(18)8-13(11)17)19-14-5-3-2-4-12(14)16/h2-8,19-20H,9H2,1H3. The number of para-hydroxylation sites is 1. The van der Waals surface area contributed by atoms with Gasteiger partial charge in [0.2, 0.25) is 0 Å². The first kappa shape index (κ1) is 15.1. The molecule has 0 aromatic heterocycles. The van der Waals surface area contributed by atoms with Gasteiger partial charge >= 0.3 is 0 Å². The number of hydrogen-bond donors (Lipinski definition) is 2. The van der Waals surface area contributed by atoms with Gasteiger partial charge in [-0.3, -0.25) is 0 Å². The minimum absolute atomic E-state index is 0.219. The summed E-state index contributed by atoms with van der Waals surface area (Å²) in [6.45, 7) is 1.55. The fraction of sp³-hybridized carbons (Fsp3) is 0.200. The first-order valence-corrected chi connectivity index (χ1v) is 6.81. The smallest absolute Gasteiger partial charge is 0.124 e. The highest BCUT2D eigenvalue weighted by Gasteiger charge is 2.28. The van der Waals surface area contributed by atoms with Crippen molar-refractivity contribution in [2.75, 3.05) is 11.9 Å². The van der Waals surface area contributed by atoms with Crippen LogP contribution in [0.5, 0.6) is 0 Å². The van der Waals surface area contributed by atoms with E-state index in [2.05, 4.69) is 5.32 Å². The highest BCUT2D eigenvalue weighted by molar-refractivity contribution is 6.33. The lowest BCUT2D eigenvalue weighted by Crippen LogP contribution is -2.36. The molecule has 2 nitrogen and oxygen atoms in total. The minimum Gasteiger partial charge on any atom is -0.394 e. The molecule has 0 fully saturated rings. The fourth-order valence-corrected chi connectivity index (χ4v) is 2.55. The highest BCUT2D eigenvalue weighted by Crippen LogP contribution is 2.33. The van der Waals surface area contributed by atoms with Crippen molar-refractivity contribution < 1.29 is 9.50 Å². The van der Waals surface area contributed by atoms with Crippen LogP contribution >= 0.6 is 23.2 Å². The van der Waals surface area contributed by atoms with E-state index in [-0.39, 0.29) is 11.6 Å². The molecule has 2 rings (SSSR count). The molecule has 2 aromatic carbocycles. The summed E-state index contributed by atoms with van der Waals surface area (Å²) in [5, 5.41) is 13.7. The van der Waals surface area contributed by atoms with Crippen LogP contribution in [0, 0.1) is 5.82 Å². The van der Waals surface area contributed by atoms with Crippen molar-refractivity contribution in [1.82, 2.24) is 0 Å². The van der Waals surface area contributed by atoms with E-state index in [1.807, 2.05) is 12.1 Å². The summed E-state index contributed by atoms with van der Waals surface area (Å²) >= 11 is 12.2. The third-order valence-electron chi connectivity index (χ3n) is 3.13. The number of rotatable bonds is 4. The molecule has 0 saturated heterocycles. The van der Waals surface area contributed by atoms with Crippen LogP contribution in [-0.2, 0) is 5.54 Å². The molecular formula is C15H14Cl2FNO. The molecule has 0 aliphatic rings. The molecule has 5 heteroatoms. The topological polar surface area (TPSA) is 32.3 Å². The zero-order valence-corrected chi connectivity index (χ0v) is 12.3. The Bertz CT molecular complexity index is 621. The summed E-state index contributed by atoms with van der Waals surface area (Å²) < 4.78 is 13.1. The van der Waals surface area contributed by atoms with Crippen LogP contribution in [0.4, 0.5) is 10.1 Å². The first-order chi connectivity index (χ1) is 9.46. The Hall–Kier alpha value is -1.29. The Balaban J connectivity index is 2.41. The van der Waals surface area contributed by atoms with E-state index in [1.54, 1.807) is 25.1 Å². The van der Waals surface area contributed by atoms with Crippen molar-refractivity contribution >= 4 is 28.9 Å². The predicted molar refractivity (Wildman–Crippen MR) is 80.9 cm³/mol. The van der Waals surface area contributed by atoms with E-state index in [4.69, 9.17) is 23.2 Å². The van der Waals surface area contributed by atoms with Crippen LogP contribution in [0.1, 0.15) is 12.5 Å². The fourth-order valence-electron chi connectivity index (χ4n) is 1.99. The van der Waals surface area contributed by atoms with Crippen LogP contribution in [0.25, 0.3) is 0 Å². The van der Waals surface area contributed by atoms with Crippen molar-refractivity contribution in [1.29, 1.82) is 0 Å². The number of benzene rings is 2. The number of aliphatic hydroxyl groups excluding tert-OH is 1. The van der Waals surface area contributed by atoms with Gasteiger partial charge in [-0.2, -0.15) is 0 Å². The molecule has 0 aliphatic heterocycles. The summed E-state index contributed by atoms with van der Waals surface area (Å²) in [7, 11) is 0. The van der Waals surface area contributed by atoms with Crippen LogP contribution in [0.15, 0.2) is 42.5 Å². The van der Waals surface area contributed by atoms with Crippen molar-refractivity contribution in [3.8, 4) is 0 Å². The molecule has 0 aliphatic carbocycles. The molecule has 1 unspecified atom stereocenters. The van der Waals surface area contributed by atoms with E-state index in [0.29, 0.717) is 16.3 Å². The normalized spacial score (nSPS) is 13.8. The largest absolute Gasteiger partial charge is 0.394 e. The average molecular weight is 314 g/mol. The highest BCUT2D eigenvalue weighted by atomic mass is 35.5. The second kappa shape index (κ2) is 6.00. The number of anilines is 1. The van der Waals surface area contributed by atoms with Crippen LogP contribution in [0.2, 0.25) is 10.0 Å². The van der Waals surface area contributed by atoms with Gasteiger partial charge in [0.1, 0.15) is 5.82 Å². The molecule has 0 bridgehead atoms. The molecule has 106 valence electrons. The lowest BCUT2D eigenvalue weighted by Gasteiger charge is -2.31. The Morgan fingerprint density at radius 1 is 1.15 bits per heavy atom. The lowest BCUT2D eigenvalue weighted by molar-refractivity contribution is 0.224. The van der Waals surface area contributed by atoms with Crippen molar-refractivity contribution in [2.24, 2.45) is 0 Å². The van der Waals surface area contributed by atoms with E-state index in [1.165, 1.54) is 12.1 Å². The second-order valence-electron chi connectivity index (χ2n) is 4.72. The lowest BCUT2D eigenvalue weighted by atomic mass is 9.92. The molecule has 0 amide bonds. The van der Waals surface area contributed by atoms with Crippen LogP contribution in [-0.4, -0.2) is 11.7 Å². The van der Waals surface area contributed by atoms with E-state index in [9.17, 15) is 9.50 Å². The number of aliphatic hydroxyl groups is 1. The predicted octanol–water partition coefficient (Wildman–Crippen LogP) is 4.45. The van der Waals surface area contributed by atoms with Crippen LogP contribution < -0.4 is 5.32 Å². The van der Waals surface area contributed by atoms with Crippen molar-refractivity contribution in [2.45, 2.75) is 12.5 Å². The van der Waals surface area contributed by atoms with Gasteiger partial charge in [0.25, 0.3) is 0 Å². The van der Waals surface area contributed by atoms with Crippen molar-refractivity contribution in [3.63, 3.8) is 0 Å². The summed E-state index contributed by atoms with van der Waals surface area (Å²) in [6.07, 6.45) is 0. The third-order valence-corrected chi connectivity index (χ3v) is 3.77. The minimum atomic E-state index is -0.865. The van der Waals surface area contributed by atoms with Gasteiger partial charge in [0, 0.05) is 5.02 Å². The first-order valence-electron chi connectivity index (χ1n) is 6.05. The molecule has 0 radical (unpaired) electrons. The van der Waals surface area contributed by atoms with Gasteiger partial charge in [-0.15, -0.1) is 0 Å². The maximum atomic E-state index is 13.1. The summed E-state index contributed by atoms with van der Waals surface area (Å²) in [5.41, 5.74) is 0.407. The van der Waals surface area contributed by atoms with E-state index in [0.717, 1.165) is 0 Å². The third kappa shape index (κ3) is 3.06. The van der Waals surface area contributed by atoms with Gasteiger partial charge < -0.3 is 10.4 Å². The summed E-state index contributed by atoms with van der Waals surface area (Å²) in [5.74, 6) is -0.420. The van der Waals surface area contributed by atoms with Gasteiger partial charge in [0.05, 0.1) is 22.9 Å². The SMILES string of the molecule is CC(CO)(Nc1ccccc1Cl)c1ccc(F)cc1Cl. The molecular weight excluding hydrogens is 300 g/mol. The van der Waals surface area contributed by atoms with Gasteiger partial charge in [-0.25, -0.2) is 4.39 Å². The Kier molecular flexibility index (Phi) is 4.53. The second-order valence-corrected chi connectivity index (χ2v) is 5.53. The number of nitrogens with one attached hydrogen (secondary N) is 1. The molecule has 0 heterocycles. The molecule has 1 atom stereocenters. The van der Waals surface area contributed by atoms with Crippen LogP contribution in [0.3, 0.4) is 0 Å². The summed E-state index contributed by atoms with van der Waals surface area (Å²) in [4.78, 5) is 0. The van der Waals surface area contributed by atoms with Gasteiger partial charge in [0.15, 0.2) is 0 Å². The maximum absolute atomic E-state index is 13.1. The quantitative estimate of drug-likeness (QED) is 0.874. The van der Waals surface area contributed by atoms with E-state index < -0.39 is 11.4 Å². The monoisotopic (exact) mass is 313 g/mol. The Labute approximate surface area is 127 Å². The maximum Gasteiger partial charge on any atom is 0.124 e. The number of hydrogen-bond acceptors (Lipinski definition) is 2. The van der Waals surface area contributed by atoms with E-state index >= 15 is 0 Å². The molecule has 0 spiro atoms. The Morgan fingerprint density at radius 3 is 2.45 bits per heavy atom. The molecule has 20 heavy (non-hydrogen) atoms. The van der Waals surface area contributed by atoms with Gasteiger partial charge in [-0.1, -0.05) is 41.4 Å². The zero-order chi connectivity index (χ0) is 14.8. The Morgan fingerprint density at radius 2 is 1.85 bits per heavy atom. The van der Waals surface area contributed by atoms with Crippen molar-refractivity contribution in [3.05, 3.63) is 63.9 Å².